The van der Waals surface area contributed by atoms with Gasteiger partial charge in [0.25, 0.3) is 0 Å². The Kier molecular flexibility index (Phi) is 3.28. The summed E-state index contributed by atoms with van der Waals surface area (Å²) in [6.45, 7) is 0.321. The first-order valence-corrected chi connectivity index (χ1v) is 6.85. The third-order valence-electron chi connectivity index (χ3n) is 3.85. The van der Waals surface area contributed by atoms with E-state index in [9.17, 15) is 4.79 Å². The van der Waals surface area contributed by atoms with Crippen LogP contribution in [0, 0.1) is 5.92 Å². The van der Waals surface area contributed by atoms with E-state index in [1.165, 1.54) is 0 Å². The van der Waals surface area contributed by atoms with Crippen LogP contribution in [0.2, 0.25) is 0 Å². The molecule has 0 aromatic heterocycles. The molecule has 3 heteroatoms. The second-order valence-electron chi connectivity index (χ2n) is 5.25. The van der Waals surface area contributed by atoms with Crippen LogP contribution in [-0.4, -0.2) is 11.6 Å². The Bertz CT molecular complexity index is 476. The van der Waals surface area contributed by atoms with Crippen LogP contribution in [0.4, 0.5) is 0 Å². The summed E-state index contributed by atoms with van der Waals surface area (Å²) >= 11 is 0. The third kappa shape index (κ3) is 2.50. The number of esters is 1. The van der Waals surface area contributed by atoms with Crippen molar-refractivity contribution in [2.24, 2.45) is 5.92 Å². The van der Waals surface area contributed by atoms with E-state index in [1.807, 2.05) is 36.4 Å². The number of allylic oxidation sites excluding steroid dienone is 1. The van der Waals surface area contributed by atoms with Gasteiger partial charge in [-0.1, -0.05) is 30.3 Å². The molecule has 1 aromatic rings. The molecule has 2 aliphatic rings. The predicted octanol–water partition coefficient (Wildman–Crippen LogP) is 3.20. The lowest BCUT2D eigenvalue weighted by Gasteiger charge is -2.32. The molecule has 0 unspecified atom stereocenters. The van der Waals surface area contributed by atoms with Crippen LogP contribution in [0.5, 0.6) is 0 Å². The highest BCUT2D eigenvalue weighted by molar-refractivity contribution is 5.81. The SMILES string of the molecule is O=C(OCc1ccccc1)[C@@]1(C2CC2)CCC=CO1. The van der Waals surface area contributed by atoms with Crippen LogP contribution in [0.15, 0.2) is 42.7 Å². The Balaban J connectivity index is 1.66. The topological polar surface area (TPSA) is 35.5 Å². The molecule has 0 bridgehead atoms. The molecule has 0 N–H and O–H groups in total. The van der Waals surface area contributed by atoms with Crippen LogP contribution in [-0.2, 0) is 20.9 Å². The minimum absolute atomic E-state index is 0.205. The Labute approximate surface area is 113 Å². The lowest BCUT2D eigenvalue weighted by molar-refractivity contribution is -0.172. The van der Waals surface area contributed by atoms with Gasteiger partial charge in [0.2, 0.25) is 5.60 Å². The van der Waals surface area contributed by atoms with Crippen molar-refractivity contribution >= 4 is 5.97 Å². The maximum absolute atomic E-state index is 12.4. The fourth-order valence-corrected chi connectivity index (χ4v) is 2.61. The van der Waals surface area contributed by atoms with Crippen molar-refractivity contribution < 1.29 is 14.3 Å². The van der Waals surface area contributed by atoms with Gasteiger partial charge < -0.3 is 9.47 Å². The van der Waals surface area contributed by atoms with Gasteiger partial charge in [0, 0.05) is 12.3 Å². The Hall–Kier alpha value is -1.77. The van der Waals surface area contributed by atoms with E-state index in [0.717, 1.165) is 31.2 Å². The van der Waals surface area contributed by atoms with Gasteiger partial charge in [-0.3, -0.25) is 0 Å². The summed E-state index contributed by atoms with van der Waals surface area (Å²) in [7, 11) is 0. The Morgan fingerprint density at radius 1 is 1.32 bits per heavy atom. The second kappa shape index (κ2) is 5.08. The van der Waals surface area contributed by atoms with Crippen molar-refractivity contribution in [1.82, 2.24) is 0 Å². The Morgan fingerprint density at radius 3 is 2.74 bits per heavy atom. The number of carbonyl (C=O) groups excluding carboxylic acids is 1. The first kappa shape index (κ1) is 12.3. The van der Waals surface area contributed by atoms with Gasteiger partial charge in [0.05, 0.1) is 6.26 Å². The van der Waals surface area contributed by atoms with E-state index in [-0.39, 0.29) is 5.97 Å². The first-order chi connectivity index (χ1) is 9.31. The van der Waals surface area contributed by atoms with Gasteiger partial charge in [0.1, 0.15) is 6.61 Å². The predicted molar refractivity (Wildman–Crippen MR) is 71.2 cm³/mol. The van der Waals surface area contributed by atoms with Crippen LogP contribution in [0.1, 0.15) is 31.2 Å². The van der Waals surface area contributed by atoms with Crippen LogP contribution >= 0.6 is 0 Å². The van der Waals surface area contributed by atoms with Gasteiger partial charge in [-0.15, -0.1) is 0 Å². The monoisotopic (exact) mass is 258 g/mol. The minimum Gasteiger partial charge on any atom is -0.483 e. The average molecular weight is 258 g/mol. The number of carbonyl (C=O) groups is 1. The maximum Gasteiger partial charge on any atom is 0.351 e. The maximum atomic E-state index is 12.4. The van der Waals surface area contributed by atoms with Crippen molar-refractivity contribution in [2.45, 2.75) is 37.9 Å². The lowest BCUT2D eigenvalue weighted by Crippen LogP contribution is -2.45. The van der Waals surface area contributed by atoms with Gasteiger partial charge in [0.15, 0.2) is 0 Å². The highest BCUT2D eigenvalue weighted by atomic mass is 16.6. The lowest BCUT2D eigenvalue weighted by atomic mass is 9.90. The number of ether oxygens (including phenoxy) is 2. The largest absolute Gasteiger partial charge is 0.483 e. The van der Waals surface area contributed by atoms with E-state index in [2.05, 4.69) is 0 Å². The zero-order valence-corrected chi connectivity index (χ0v) is 10.9. The fraction of sp³-hybridized carbons (Fsp3) is 0.438. The summed E-state index contributed by atoms with van der Waals surface area (Å²) in [5, 5.41) is 0. The first-order valence-electron chi connectivity index (χ1n) is 6.85. The van der Waals surface area contributed by atoms with Crippen molar-refractivity contribution in [2.75, 3.05) is 0 Å². The highest BCUT2D eigenvalue weighted by Gasteiger charge is 2.54. The molecule has 1 heterocycles. The molecule has 1 atom stereocenters. The summed E-state index contributed by atoms with van der Waals surface area (Å²) in [5.74, 6) is 0.129. The van der Waals surface area contributed by atoms with E-state index in [1.54, 1.807) is 6.26 Å². The molecule has 100 valence electrons. The van der Waals surface area contributed by atoms with E-state index >= 15 is 0 Å². The molecule has 0 amide bonds. The molecule has 0 spiro atoms. The fourth-order valence-electron chi connectivity index (χ4n) is 2.61. The molecule has 0 saturated heterocycles. The number of hydrogen-bond donors (Lipinski definition) is 0. The zero-order chi connectivity index (χ0) is 13.1. The van der Waals surface area contributed by atoms with Crippen LogP contribution in [0.25, 0.3) is 0 Å². The third-order valence-corrected chi connectivity index (χ3v) is 3.85. The zero-order valence-electron chi connectivity index (χ0n) is 10.9. The average Bonchev–Trinajstić information content (AvgIpc) is 3.31. The quantitative estimate of drug-likeness (QED) is 0.778. The summed E-state index contributed by atoms with van der Waals surface area (Å²) in [5.41, 5.74) is 0.289. The second-order valence-corrected chi connectivity index (χ2v) is 5.25. The van der Waals surface area contributed by atoms with Gasteiger partial charge in [-0.25, -0.2) is 4.79 Å². The molecule has 1 fully saturated rings. The number of rotatable bonds is 4. The number of benzene rings is 1. The Morgan fingerprint density at radius 2 is 2.11 bits per heavy atom. The summed E-state index contributed by atoms with van der Waals surface area (Å²) in [6, 6.07) is 9.75. The normalized spacial score (nSPS) is 25.7. The molecule has 3 nitrogen and oxygen atoms in total. The van der Waals surface area contributed by atoms with Gasteiger partial charge in [-0.05, 0) is 30.9 Å². The minimum atomic E-state index is -0.719. The van der Waals surface area contributed by atoms with E-state index in [4.69, 9.17) is 9.47 Å². The number of hydrogen-bond acceptors (Lipinski definition) is 3. The molecule has 3 rings (SSSR count). The molecule has 1 aliphatic heterocycles. The van der Waals surface area contributed by atoms with Gasteiger partial charge >= 0.3 is 5.97 Å². The van der Waals surface area contributed by atoms with Crippen LogP contribution in [0.3, 0.4) is 0 Å². The summed E-state index contributed by atoms with van der Waals surface area (Å²) < 4.78 is 11.2. The molecule has 1 saturated carbocycles. The van der Waals surface area contributed by atoms with E-state index < -0.39 is 5.60 Å². The van der Waals surface area contributed by atoms with Crippen molar-refractivity contribution in [3.05, 3.63) is 48.2 Å². The molecular weight excluding hydrogens is 240 g/mol. The molecule has 0 radical (unpaired) electrons. The molecular formula is C16H18O3. The van der Waals surface area contributed by atoms with Crippen molar-refractivity contribution in [3.8, 4) is 0 Å². The standard InChI is InChI=1S/C16H18O3/c17-15(18-12-13-6-2-1-3-7-13)16(14-8-9-14)10-4-5-11-19-16/h1-3,5-7,11,14H,4,8-10,12H2/t16-/m0/s1. The molecule has 1 aliphatic carbocycles. The highest BCUT2D eigenvalue weighted by Crippen LogP contribution is 2.46. The van der Waals surface area contributed by atoms with Crippen LogP contribution < -0.4 is 0 Å². The van der Waals surface area contributed by atoms with E-state index in [0.29, 0.717) is 12.5 Å². The molecule has 1 aromatic carbocycles. The summed E-state index contributed by atoms with van der Waals surface area (Å²) in [6.07, 6.45) is 7.37. The molecule has 19 heavy (non-hydrogen) atoms. The summed E-state index contributed by atoms with van der Waals surface area (Å²) in [4.78, 5) is 12.4. The van der Waals surface area contributed by atoms with Crippen molar-refractivity contribution in [1.29, 1.82) is 0 Å². The van der Waals surface area contributed by atoms with Gasteiger partial charge in [-0.2, -0.15) is 0 Å². The smallest absolute Gasteiger partial charge is 0.351 e. The van der Waals surface area contributed by atoms with Crippen molar-refractivity contribution in [3.63, 3.8) is 0 Å².